The summed E-state index contributed by atoms with van der Waals surface area (Å²) in [5, 5.41) is 2.90. The Bertz CT molecular complexity index is 905. The molecule has 0 saturated carbocycles. The van der Waals surface area contributed by atoms with E-state index in [-0.39, 0.29) is 22.5 Å². The highest BCUT2D eigenvalue weighted by Crippen LogP contribution is 2.47. The third-order valence-electron chi connectivity index (χ3n) is 5.17. The molecule has 1 N–H and O–H groups in total. The molecule has 2 atom stereocenters. The van der Waals surface area contributed by atoms with Crippen molar-refractivity contribution in [1.29, 1.82) is 0 Å². The Labute approximate surface area is 167 Å². The summed E-state index contributed by atoms with van der Waals surface area (Å²) < 4.78 is 18.7. The first-order valence-electron chi connectivity index (χ1n) is 9.19. The monoisotopic (exact) mass is 400 g/mol. The number of carbonyl (C=O) groups is 2. The lowest BCUT2D eigenvalue weighted by atomic mass is 10.2. The van der Waals surface area contributed by atoms with Crippen LogP contribution in [0.3, 0.4) is 0 Å². The molecule has 4 rings (SSSR count). The smallest absolute Gasteiger partial charge is 0.248 e. The zero-order chi connectivity index (χ0) is 19.7. The van der Waals surface area contributed by atoms with Crippen molar-refractivity contribution in [1.82, 2.24) is 4.90 Å². The van der Waals surface area contributed by atoms with Crippen LogP contribution in [-0.2, 0) is 16.2 Å². The summed E-state index contributed by atoms with van der Waals surface area (Å²) in [4.78, 5) is 26.5. The number of nitrogens with one attached hydrogen (secondary N) is 1. The first-order chi connectivity index (χ1) is 13.4. The summed E-state index contributed by atoms with van der Waals surface area (Å²) in [5.74, 6) is 0.789. The summed E-state index contributed by atoms with van der Waals surface area (Å²) in [6.45, 7) is 2.33. The lowest BCUT2D eigenvalue weighted by Crippen LogP contribution is -2.48. The maximum atomic E-state index is 13.0. The topological polar surface area (TPSA) is 58.6 Å². The van der Waals surface area contributed by atoms with E-state index in [1.165, 1.54) is 12.1 Å². The first-order valence-corrected chi connectivity index (χ1v) is 10.2. The van der Waals surface area contributed by atoms with E-state index in [0.29, 0.717) is 30.2 Å². The molecule has 146 valence electrons. The van der Waals surface area contributed by atoms with Crippen LogP contribution < -0.4 is 10.1 Å². The van der Waals surface area contributed by atoms with E-state index >= 15 is 0 Å². The van der Waals surface area contributed by atoms with Crippen molar-refractivity contribution < 1.29 is 18.7 Å². The molecule has 2 aromatic carbocycles. The standard InChI is InChI=1S/C21H21FN2O3S/c1-21-10-9-19(25)24(21)18(13-28-21)20(26)23-16-3-2-4-17(11-16)27-12-14-5-7-15(22)8-6-14/h2-8,11,18H,9-10,12-13H2,1H3,(H,23,26). The minimum atomic E-state index is -0.450. The van der Waals surface area contributed by atoms with Crippen LogP contribution in [-0.4, -0.2) is 33.4 Å². The molecule has 2 amide bonds. The van der Waals surface area contributed by atoms with Gasteiger partial charge in [0.05, 0.1) is 4.87 Å². The molecular weight excluding hydrogens is 379 g/mol. The number of carbonyl (C=O) groups excluding carboxylic acids is 2. The van der Waals surface area contributed by atoms with Gasteiger partial charge in [-0.15, -0.1) is 11.8 Å². The second-order valence-corrected chi connectivity index (χ2v) is 8.70. The van der Waals surface area contributed by atoms with Crippen LogP contribution in [0.5, 0.6) is 5.75 Å². The number of nitrogens with zero attached hydrogens (tertiary/aromatic N) is 1. The predicted octanol–water partition coefficient (Wildman–Crippen LogP) is 3.80. The van der Waals surface area contributed by atoms with Gasteiger partial charge in [0.25, 0.3) is 0 Å². The highest BCUT2D eigenvalue weighted by molar-refractivity contribution is 8.01. The van der Waals surface area contributed by atoms with Crippen LogP contribution in [0.1, 0.15) is 25.3 Å². The van der Waals surface area contributed by atoms with Crippen molar-refractivity contribution in [2.45, 2.75) is 37.3 Å². The molecule has 0 spiro atoms. The van der Waals surface area contributed by atoms with Crippen molar-refractivity contribution in [3.05, 3.63) is 59.9 Å². The van der Waals surface area contributed by atoms with E-state index in [4.69, 9.17) is 4.74 Å². The van der Waals surface area contributed by atoms with Gasteiger partial charge in [-0.25, -0.2) is 4.39 Å². The number of ether oxygens (including phenoxy) is 1. The fourth-order valence-electron chi connectivity index (χ4n) is 3.65. The summed E-state index contributed by atoms with van der Waals surface area (Å²) in [5.41, 5.74) is 1.47. The van der Waals surface area contributed by atoms with Gasteiger partial charge in [-0.3, -0.25) is 9.59 Å². The van der Waals surface area contributed by atoms with E-state index < -0.39 is 6.04 Å². The molecule has 7 heteroatoms. The molecule has 2 fully saturated rings. The highest BCUT2D eigenvalue weighted by atomic mass is 32.2. The Morgan fingerprint density at radius 2 is 2.11 bits per heavy atom. The number of anilines is 1. The van der Waals surface area contributed by atoms with Crippen LogP contribution in [0.25, 0.3) is 0 Å². The van der Waals surface area contributed by atoms with Crippen LogP contribution in [0, 0.1) is 5.82 Å². The molecule has 2 aromatic rings. The van der Waals surface area contributed by atoms with E-state index in [9.17, 15) is 14.0 Å². The molecule has 5 nitrogen and oxygen atoms in total. The van der Waals surface area contributed by atoms with Crippen molar-refractivity contribution >= 4 is 29.3 Å². The van der Waals surface area contributed by atoms with Gasteiger partial charge in [0.1, 0.15) is 24.2 Å². The predicted molar refractivity (Wildman–Crippen MR) is 107 cm³/mol. The fraction of sp³-hybridized carbons (Fsp3) is 0.333. The number of benzene rings is 2. The summed E-state index contributed by atoms with van der Waals surface area (Å²) in [7, 11) is 0. The van der Waals surface area contributed by atoms with Gasteiger partial charge in [0.15, 0.2) is 0 Å². The lowest BCUT2D eigenvalue weighted by molar-refractivity contribution is -0.135. The summed E-state index contributed by atoms with van der Waals surface area (Å²) >= 11 is 1.67. The lowest BCUT2D eigenvalue weighted by Gasteiger charge is -2.29. The minimum Gasteiger partial charge on any atom is -0.489 e. The zero-order valence-corrected chi connectivity index (χ0v) is 16.3. The highest BCUT2D eigenvalue weighted by Gasteiger charge is 2.52. The Balaban J connectivity index is 1.40. The fourth-order valence-corrected chi connectivity index (χ4v) is 5.08. The van der Waals surface area contributed by atoms with Crippen LogP contribution >= 0.6 is 11.8 Å². The Kier molecular flexibility index (Phi) is 5.02. The quantitative estimate of drug-likeness (QED) is 0.830. The third kappa shape index (κ3) is 3.71. The van der Waals surface area contributed by atoms with Gasteiger partial charge < -0.3 is 15.0 Å². The zero-order valence-electron chi connectivity index (χ0n) is 15.5. The van der Waals surface area contributed by atoms with Gasteiger partial charge in [-0.1, -0.05) is 18.2 Å². The van der Waals surface area contributed by atoms with E-state index in [2.05, 4.69) is 5.32 Å². The minimum absolute atomic E-state index is 0.0454. The number of rotatable bonds is 5. The third-order valence-corrected chi connectivity index (χ3v) is 6.67. The second-order valence-electron chi connectivity index (χ2n) is 7.20. The SMILES string of the molecule is CC12CCC(=O)N1C(C(=O)Nc1cccc(OCc3ccc(F)cc3)c1)CS2. The van der Waals surface area contributed by atoms with Gasteiger partial charge >= 0.3 is 0 Å². The van der Waals surface area contributed by atoms with Crippen molar-refractivity contribution in [2.24, 2.45) is 0 Å². The van der Waals surface area contributed by atoms with E-state index in [1.54, 1.807) is 53.1 Å². The molecule has 2 unspecified atom stereocenters. The van der Waals surface area contributed by atoms with Crippen molar-refractivity contribution in [3.63, 3.8) is 0 Å². The van der Waals surface area contributed by atoms with E-state index in [1.807, 2.05) is 6.92 Å². The maximum Gasteiger partial charge on any atom is 0.248 e. The number of halogens is 1. The molecule has 0 bridgehead atoms. The molecule has 0 aliphatic carbocycles. The van der Waals surface area contributed by atoms with Gasteiger partial charge in [-0.05, 0) is 43.2 Å². The summed E-state index contributed by atoms with van der Waals surface area (Å²) in [6.07, 6.45) is 1.28. The molecule has 28 heavy (non-hydrogen) atoms. The number of hydrogen-bond acceptors (Lipinski definition) is 4. The van der Waals surface area contributed by atoms with Gasteiger partial charge in [0, 0.05) is 23.9 Å². The van der Waals surface area contributed by atoms with Gasteiger partial charge in [-0.2, -0.15) is 0 Å². The number of thioether (sulfide) groups is 1. The molecule has 0 radical (unpaired) electrons. The van der Waals surface area contributed by atoms with Crippen molar-refractivity contribution in [3.8, 4) is 5.75 Å². The van der Waals surface area contributed by atoms with Crippen molar-refractivity contribution in [2.75, 3.05) is 11.1 Å². The second kappa shape index (κ2) is 7.47. The molecule has 2 aliphatic rings. The number of amides is 2. The maximum absolute atomic E-state index is 13.0. The Morgan fingerprint density at radius 1 is 1.32 bits per heavy atom. The molecule has 2 aliphatic heterocycles. The normalized spacial score (nSPS) is 23.6. The number of hydrogen-bond donors (Lipinski definition) is 1. The molecular formula is C21H21FN2O3S. The largest absolute Gasteiger partial charge is 0.489 e. The molecule has 2 heterocycles. The van der Waals surface area contributed by atoms with Crippen LogP contribution in [0.15, 0.2) is 48.5 Å². The Morgan fingerprint density at radius 3 is 2.89 bits per heavy atom. The van der Waals surface area contributed by atoms with Gasteiger partial charge in [0.2, 0.25) is 11.8 Å². The Hall–Kier alpha value is -2.54. The van der Waals surface area contributed by atoms with E-state index in [0.717, 1.165) is 12.0 Å². The number of fused-ring (bicyclic) bond motifs is 1. The van der Waals surface area contributed by atoms with Crippen LogP contribution in [0.4, 0.5) is 10.1 Å². The molecule has 2 saturated heterocycles. The summed E-state index contributed by atoms with van der Waals surface area (Å²) in [6, 6.07) is 12.8. The molecule has 0 aromatic heterocycles. The first kappa shape index (κ1) is 18.8. The van der Waals surface area contributed by atoms with Crippen LogP contribution in [0.2, 0.25) is 0 Å². The average molecular weight is 400 g/mol. The average Bonchev–Trinajstić information content (AvgIpc) is 3.17.